The summed E-state index contributed by atoms with van der Waals surface area (Å²) in [6.07, 6.45) is 0. The molecule has 0 fully saturated rings. The van der Waals surface area contributed by atoms with E-state index in [4.69, 9.17) is 28.4 Å². The highest BCUT2D eigenvalue weighted by Gasteiger charge is 2.35. The Bertz CT molecular complexity index is 433. The number of benzene rings is 1. The van der Waals surface area contributed by atoms with E-state index in [0.717, 1.165) is 5.56 Å². The fourth-order valence-electron chi connectivity index (χ4n) is 1.58. The smallest absolute Gasteiger partial charge is 0.249 e. The summed E-state index contributed by atoms with van der Waals surface area (Å²) in [4.78, 5) is 11.6. The summed E-state index contributed by atoms with van der Waals surface area (Å²) in [5.41, 5.74) is 1.73. The molecule has 0 aromatic heterocycles. The maximum atomic E-state index is 11.6. The lowest BCUT2D eigenvalue weighted by atomic mass is 9.75. The van der Waals surface area contributed by atoms with Gasteiger partial charge < -0.3 is 0 Å². The Balaban J connectivity index is 3.11. The number of nitrogens with one attached hydrogen (secondary N) is 1. The first-order valence-electron chi connectivity index (χ1n) is 5.20. The first-order chi connectivity index (χ1) is 7.80. The first-order valence-corrected chi connectivity index (χ1v) is 5.95. The van der Waals surface area contributed by atoms with Crippen molar-refractivity contribution in [2.24, 2.45) is 5.41 Å². The molecule has 1 aromatic carbocycles. The van der Waals surface area contributed by atoms with E-state index in [0.29, 0.717) is 10.0 Å². The van der Waals surface area contributed by atoms with Crippen molar-refractivity contribution in [3.05, 3.63) is 33.8 Å². The third-order valence-electron chi connectivity index (χ3n) is 3.20. The van der Waals surface area contributed by atoms with E-state index < -0.39 is 11.3 Å². The van der Waals surface area contributed by atoms with E-state index in [-0.39, 0.29) is 5.92 Å². The third kappa shape index (κ3) is 2.92. The Morgan fingerprint density at radius 2 is 2.00 bits per heavy atom. The average molecular weight is 276 g/mol. The Hall–Kier alpha value is -0.770. The van der Waals surface area contributed by atoms with Crippen LogP contribution in [0.1, 0.15) is 32.3 Å². The molecule has 94 valence electrons. The molecule has 1 rings (SSSR count). The molecule has 0 aliphatic rings. The van der Waals surface area contributed by atoms with Crippen LogP contribution in [-0.4, -0.2) is 11.1 Å². The number of amides is 1. The molecule has 3 nitrogen and oxygen atoms in total. The van der Waals surface area contributed by atoms with Crippen molar-refractivity contribution in [3.63, 3.8) is 0 Å². The van der Waals surface area contributed by atoms with E-state index in [1.54, 1.807) is 37.5 Å². The molecular formula is C12H15Cl2NO2. The number of carbonyl (C=O) groups excluding carboxylic acids is 1. The average Bonchev–Trinajstić information content (AvgIpc) is 2.27. The second-order valence-electron chi connectivity index (χ2n) is 4.55. The summed E-state index contributed by atoms with van der Waals surface area (Å²) in [6, 6.07) is 5.16. The molecule has 0 aliphatic carbocycles. The largest absolute Gasteiger partial charge is 0.289 e. The van der Waals surface area contributed by atoms with Gasteiger partial charge in [-0.15, -0.1) is 0 Å². The van der Waals surface area contributed by atoms with Gasteiger partial charge in [-0.1, -0.05) is 50.0 Å². The first kappa shape index (κ1) is 14.3. The zero-order valence-corrected chi connectivity index (χ0v) is 11.4. The van der Waals surface area contributed by atoms with Crippen LogP contribution in [0.4, 0.5) is 0 Å². The SMILES string of the molecule is CC(c1ccc(Cl)cc1Cl)C(C)(C)C(=O)NO. The van der Waals surface area contributed by atoms with Crippen LogP contribution in [0.3, 0.4) is 0 Å². The Morgan fingerprint density at radius 1 is 1.41 bits per heavy atom. The minimum atomic E-state index is -0.772. The zero-order valence-electron chi connectivity index (χ0n) is 9.92. The van der Waals surface area contributed by atoms with Crippen LogP contribution in [0.25, 0.3) is 0 Å². The van der Waals surface area contributed by atoms with Gasteiger partial charge in [-0.2, -0.15) is 0 Å². The van der Waals surface area contributed by atoms with Crippen molar-refractivity contribution in [1.29, 1.82) is 0 Å². The molecule has 0 spiro atoms. The molecule has 0 saturated carbocycles. The molecule has 0 bridgehead atoms. The minimum absolute atomic E-state index is 0.153. The van der Waals surface area contributed by atoms with Gasteiger partial charge in [0.05, 0.1) is 5.41 Å². The summed E-state index contributed by atoms with van der Waals surface area (Å²) in [5, 5.41) is 9.79. The topological polar surface area (TPSA) is 49.3 Å². The van der Waals surface area contributed by atoms with Crippen LogP contribution in [0, 0.1) is 5.41 Å². The second kappa shape index (κ2) is 5.25. The Morgan fingerprint density at radius 3 is 2.47 bits per heavy atom. The van der Waals surface area contributed by atoms with Crippen molar-refractivity contribution in [2.45, 2.75) is 26.7 Å². The molecule has 1 atom stereocenters. The molecule has 1 aromatic rings. The monoisotopic (exact) mass is 275 g/mol. The molecule has 0 heterocycles. The highest BCUT2D eigenvalue weighted by Crippen LogP contribution is 2.39. The van der Waals surface area contributed by atoms with Gasteiger partial charge >= 0.3 is 0 Å². The van der Waals surface area contributed by atoms with Gasteiger partial charge in [-0.3, -0.25) is 10.0 Å². The number of hydrogen-bond acceptors (Lipinski definition) is 2. The Labute approximate surface area is 111 Å². The molecule has 5 heteroatoms. The summed E-state index contributed by atoms with van der Waals surface area (Å²) < 4.78 is 0. The van der Waals surface area contributed by atoms with Crippen molar-refractivity contribution >= 4 is 29.1 Å². The standard InChI is InChI=1S/C12H15Cl2NO2/c1-7(12(2,3)11(16)15-17)9-5-4-8(13)6-10(9)14/h4-7,17H,1-3H3,(H,15,16). The van der Waals surface area contributed by atoms with Crippen molar-refractivity contribution in [3.8, 4) is 0 Å². The summed E-state index contributed by atoms with van der Waals surface area (Å²) >= 11 is 11.9. The van der Waals surface area contributed by atoms with Gasteiger partial charge in [-0.05, 0) is 23.6 Å². The van der Waals surface area contributed by atoms with E-state index in [1.807, 2.05) is 6.92 Å². The van der Waals surface area contributed by atoms with E-state index >= 15 is 0 Å². The van der Waals surface area contributed by atoms with Gasteiger partial charge in [0, 0.05) is 10.0 Å². The third-order valence-corrected chi connectivity index (χ3v) is 3.76. The summed E-state index contributed by atoms with van der Waals surface area (Å²) in [7, 11) is 0. The van der Waals surface area contributed by atoms with Crippen LogP contribution in [-0.2, 0) is 4.79 Å². The maximum absolute atomic E-state index is 11.6. The molecule has 1 unspecified atom stereocenters. The maximum Gasteiger partial charge on any atom is 0.249 e. The molecule has 0 aliphatic heterocycles. The predicted octanol–water partition coefficient (Wildman–Crippen LogP) is 3.63. The second-order valence-corrected chi connectivity index (χ2v) is 5.39. The fourth-order valence-corrected chi connectivity index (χ4v) is 2.15. The lowest BCUT2D eigenvalue weighted by Crippen LogP contribution is -2.38. The highest BCUT2D eigenvalue weighted by atomic mass is 35.5. The molecule has 1 amide bonds. The predicted molar refractivity (Wildman–Crippen MR) is 68.6 cm³/mol. The molecule has 17 heavy (non-hydrogen) atoms. The van der Waals surface area contributed by atoms with E-state index in [2.05, 4.69) is 0 Å². The van der Waals surface area contributed by atoms with Gasteiger partial charge in [0.2, 0.25) is 5.91 Å². The van der Waals surface area contributed by atoms with Crippen LogP contribution < -0.4 is 5.48 Å². The number of hydrogen-bond donors (Lipinski definition) is 2. The number of carbonyl (C=O) groups is 1. The van der Waals surface area contributed by atoms with E-state index in [9.17, 15) is 4.79 Å². The molecular weight excluding hydrogens is 261 g/mol. The van der Waals surface area contributed by atoms with Crippen LogP contribution in [0.2, 0.25) is 10.0 Å². The van der Waals surface area contributed by atoms with Crippen molar-refractivity contribution in [2.75, 3.05) is 0 Å². The van der Waals surface area contributed by atoms with Gasteiger partial charge in [0.15, 0.2) is 0 Å². The van der Waals surface area contributed by atoms with Crippen LogP contribution in [0.5, 0.6) is 0 Å². The molecule has 2 N–H and O–H groups in total. The number of hydroxylamine groups is 1. The highest BCUT2D eigenvalue weighted by molar-refractivity contribution is 6.35. The van der Waals surface area contributed by atoms with Crippen molar-refractivity contribution in [1.82, 2.24) is 5.48 Å². The van der Waals surface area contributed by atoms with Gasteiger partial charge in [-0.25, -0.2) is 5.48 Å². The molecule has 0 radical (unpaired) electrons. The normalized spacial score (nSPS) is 13.3. The lowest BCUT2D eigenvalue weighted by molar-refractivity contribution is -0.139. The minimum Gasteiger partial charge on any atom is -0.289 e. The number of halogens is 2. The van der Waals surface area contributed by atoms with Crippen LogP contribution >= 0.6 is 23.2 Å². The zero-order chi connectivity index (χ0) is 13.2. The lowest BCUT2D eigenvalue weighted by Gasteiger charge is -2.30. The summed E-state index contributed by atoms with van der Waals surface area (Å²) in [5.74, 6) is -0.601. The summed E-state index contributed by atoms with van der Waals surface area (Å²) in [6.45, 7) is 5.37. The van der Waals surface area contributed by atoms with Crippen molar-refractivity contribution < 1.29 is 10.0 Å². The fraction of sp³-hybridized carbons (Fsp3) is 0.417. The number of rotatable bonds is 3. The van der Waals surface area contributed by atoms with Gasteiger partial charge in [0.25, 0.3) is 0 Å². The quantitative estimate of drug-likeness (QED) is 0.654. The van der Waals surface area contributed by atoms with Gasteiger partial charge in [0.1, 0.15) is 0 Å². The molecule has 0 saturated heterocycles. The van der Waals surface area contributed by atoms with Crippen LogP contribution in [0.15, 0.2) is 18.2 Å². The Kier molecular flexibility index (Phi) is 4.42. The van der Waals surface area contributed by atoms with E-state index in [1.165, 1.54) is 0 Å².